The number of nitrogens with zero attached hydrogens (tertiary/aromatic N) is 2. The van der Waals surface area contributed by atoms with Gasteiger partial charge in [0.15, 0.2) is 0 Å². The number of rotatable bonds is 5. The summed E-state index contributed by atoms with van der Waals surface area (Å²) in [5, 5.41) is 2.93. The lowest BCUT2D eigenvalue weighted by atomic mass is 10.1. The summed E-state index contributed by atoms with van der Waals surface area (Å²) in [4.78, 5) is 17.2. The zero-order valence-electron chi connectivity index (χ0n) is 15.0. The minimum atomic E-state index is -0.108. The van der Waals surface area contributed by atoms with Crippen LogP contribution in [0.5, 0.6) is 0 Å². The van der Waals surface area contributed by atoms with Crippen molar-refractivity contribution in [1.82, 2.24) is 9.80 Å². The number of benzene rings is 2. The van der Waals surface area contributed by atoms with Crippen molar-refractivity contribution < 1.29 is 4.79 Å². The molecular weight excluding hydrogens is 392 g/mol. The topological polar surface area (TPSA) is 61.6 Å². The Balaban J connectivity index is 1.59. The first kappa shape index (κ1) is 19.0. The molecule has 0 aromatic heterocycles. The van der Waals surface area contributed by atoms with Gasteiger partial charge in [0.25, 0.3) is 5.91 Å². The van der Waals surface area contributed by atoms with E-state index in [-0.39, 0.29) is 5.91 Å². The number of anilines is 1. The quantitative estimate of drug-likeness (QED) is 0.786. The zero-order chi connectivity index (χ0) is 18.5. The van der Waals surface area contributed by atoms with E-state index in [0.717, 1.165) is 48.4 Å². The fraction of sp³-hybridized carbons (Fsp3) is 0.350. The van der Waals surface area contributed by atoms with E-state index in [0.29, 0.717) is 12.1 Å². The van der Waals surface area contributed by atoms with Crippen molar-refractivity contribution in [2.24, 2.45) is 5.73 Å². The fourth-order valence-corrected chi connectivity index (χ4v) is 3.56. The molecule has 0 saturated carbocycles. The first-order valence-electron chi connectivity index (χ1n) is 8.85. The zero-order valence-corrected chi connectivity index (χ0v) is 16.6. The van der Waals surface area contributed by atoms with Gasteiger partial charge in [-0.1, -0.05) is 34.1 Å². The van der Waals surface area contributed by atoms with Crippen LogP contribution in [0.2, 0.25) is 0 Å². The maximum absolute atomic E-state index is 12.5. The minimum Gasteiger partial charge on any atom is -0.326 e. The minimum absolute atomic E-state index is 0.108. The molecule has 3 N–H and O–H groups in total. The van der Waals surface area contributed by atoms with E-state index in [9.17, 15) is 4.79 Å². The van der Waals surface area contributed by atoms with Crippen LogP contribution < -0.4 is 11.1 Å². The second-order valence-electron chi connectivity index (χ2n) is 6.74. The lowest BCUT2D eigenvalue weighted by molar-refractivity contribution is 0.102. The SMILES string of the molecule is CN1CCN(Cc2ccc(C(=O)Nc3ccc(CN)c(Br)c3)cc2)CC1. The van der Waals surface area contributed by atoms with E-state index in [4.69, 9.17) is 5.73 Å². The molecule has 2 aromatic rings. The Morgan fingerprint density at radius 2 is 1.81 bits per heavy atom. The van der Waals surface area contributed by atoms with Crippen LogP contribution in [0, 0.1) is 0 Å². The van der Waals surface area contributed by atoms with Crippen LogP contribution in [-0.2, 0) is 13.1 Å². The van der Waals surface area contributed by atoms with Gasteiger partial charge in [0, 0.05) is 55.0 Å². The van der Waals surface area contributed by atoms with Gasteiger partial charge in [-0.25, -0.2) is 0 Å². The van der Waals surface area contributed by atoms with Crippen molar-refractivity contribution in [2.75, 3.05) is 38.5 Å². The third-order valence-corrected chi connectivity index (χ3v) is 5.49. The summed E-state index contributed by atoms with van der Waals surface area (Å²) in [5.74, 6) is -0.108. The highest BCUT2D eigenvalue weighted by Gasteiger charge is 2.14. The number of nitrogens with one attached hydrogen (secondary N) is 1. The maximum atomic E-state index is 12.5. The van der Waals surface area contributed by atoms with E-state index in [1.54, 1.807) is 0 Å². The van der Waals surface area contributed by atoms with Gasteiger partial charge in [0.2, 0.25) is 0 Å². The average molecular weight is 417 g/mol. The number of carbonyl (C=O) groups excluding carboxylic acids is 1. The van der Waals surface area contributed by atoms with Crippen molar-refractivity contribution in [2.45, 2.75) is 13.1 Å². The molecule has 1 fully saturated rings. The third-order valence-electron chi connectivity index (χ3n) is 4.75. The van der Waals surface area contributed by atoms with Crippen molar-refractivity contribution in [3.63, 3.8) is 0 Å². The molecule has 0 bridgehead atoms. The highest BCUT2D eigenvalue weighted by atomic mass is 79.9. The monoisotopic (exact) mass is 416 g/mol. The molecule has 26 heavy (non-hydrogen) atoms. The number of halogens is 1. The maximum Gasteiger partial charge on any atom is 0.255 e. The van der Waals surface area contributed by atoms with Gasteiger partial charge in [0.1, 0.15) is 0 Å². The number of piperazine rings is 1. The molecule has 2 aromatic carbocycles. The van der Waals surface area contributed by atoms with Gasteiger partial charge >= 0.3 is 0 Å². The molecule has 1 heterocycles. The molecule has 1 saturated heterocycles. The average Bonchev–Trinajstić information content (AvgIpc) is 2.64. The number of hydrogen-bond donors (Lipinski definition) is 2. The van der Waals surface area contributed by atoms with Crippen LogP contribution in [0.4, 0.5) is 5.69 Å². The fourth-order valence-electron chi connectivity index (χ4n) is 3.02. The number of likely N-dealkylation sites (N-methyl/N-ethyl adjacent to an activating group) is 1. The van der Waals surface area contributed by atoms with Gasteiger partial charge in [-0.15, -0.1) is 0 Å². The van der Waals surface area contributed by atoms with Crippen LogP contribution in [0.25, 0.3) is 0 Å². The number of nitrogens with two attached hydrogens (primary N) is 1. The van der Waals surface area contributed by atoms with E-state index >= 15 is 0 Å². The molecule has 0 radical (unpaired) electrons. The standard InChI is InChI=1S/C20H25BrN4O/c1-24-8-10-25(11-9-24)14-15-2-4-16(5-3-15)20(26)23-18-7-6-17(13-22)19(21)12-18/h2-7,12H,8-11,13-14,22H2,1H3,(H,23,26). The third kappa shape index (κ3) is 4.92. The summed E-state index contributed by atoms with van der Waals surface area (Å²) in [6, 6.07) is 13.5. The second kappa shape index (κ2) is 8.77. The summed E-state index contributed by atoms with van der Waals surface area (Å²) in [6.45, 7) is 5.80. The summed E-state index contributed by atoms with van der Waals surface area (Å²) >= 11 is 3.47. The Labute approximate surface area is 163 Å². The van der Waals surface area contributed by atoms with E-state index in [1.807, 2.05) is 42.5 Å². The molecule has 1 aliphatic rings. The van der Waals surface area contributed by atoms with E-state index < -0.39 is 0 Å². The van der Waals surface area contributed by atoms with Crippen LogP contribution in [0.1, 0.15) is 21.5 Å². The Kier molecular flexibility index (Phi) is 6.43. The number of hydrogen-bond acceptors (Lipinski definition) is 4. The lowest BCUT2D eigenvalue weighted by Gasteiger charge is -2.32. The Hall–Kier alpha value is -1.73. The molecule has 0 spiro atoms. The largest absolute Gasteiger partial charge is 0.326 e. The predicted octanol–water partition coefficient (Wildman–Crippen LogP) is 2.91. The Morgan fingerprint density at radius 3 is 2.42 bits per heavy atom. The van der Waals surface area contributed by atoms with Gasteiger partial charge in [-0.2, -0.15) is 0 Å². The highest BCUT2D eigenvalue weighted by molar-refractivity contribution is 9.10. The molecule has 0 unspecified atom stereocenters. The molecule has 5 nitrogen and oxygen atoms in total. The molecule has 138 valence electrons. The van der Waals surface area contributed by atoms with Crippen molar-refractivity contribution in [3.05, 3.63) is 63.6 Å². The van der Waals surface area contributed by atoms with E-state index in [1.165, 1.54) is 5.56 Å². The van der Waals surface area contributed by atoms with Crippen LogP contribution >= 0.6 is 15.9 Å². The summed E-state index contributed by atoms with van der Waals surface area (Å²) in [6.07, 6.45) is 0. The highest BCUT2D eigenvalue weighted by Crippen LogP contribution is 2.21. The molecule has 0 aliphatic carbocycles. The molecule has 1 aliphatic heterocycles. The molecule has 0 atom stereocenters. The molecule has 6 heteroatoms. The van der Waals surface area contributed by atoms with Crippen molar-refractivity contribution >= 4 is 27.5 Å². The molecular formula is C20H25BrN4O. The van der Waals surface area contributed by atoms with E-state index in [2.05, 4.69) is 38.1 Å². The van der Waals surface area contributed by atoms with Gasteiger partial charge < -0.3 is 16.0 Å². The first-order chi connectivity index (χ1) is 12.5. The van der Waals surface area contributed by atoms with Crippen molar-refractivity contribution in [1.29, 1.82) is 0 Å². The second-order valence-corrected chi connectivity index (χ2v) is 7.60. The molecule has 1 amide bonds. The summed E-state index contributed by atoms with van der Waals surface area (Å²) in [7, 11) is 2.16. The first-order valence-corrected chi connectivity index (χ1v) is 9.64. The summed E-state index contributed by atoms with van der Waals surface area (Å²) in [5.41, 5.74) is 9.31. The number of amides is 1. The van der Waals surface area contributed by atoms with Crippen LogP contribution in [0.3, 0.4) is 0 Å². The van der Waals surface area contributed by atoms with Crippen LogP contribution in [-0.4, -0.2) is 48.9 Å². The normalized spacial score (nSPS) is 15.8. The smallest absolute Gasteiger partial charge is 0.255 e. The van der Waals surface area contributed by atoms with Crippen LogP contribution in [0.15, 0.2) is 46.9 Å². The Bertz CT molecular complexity index is 755. The summed E-state index contributed by atoms with van der Waals surface area (Å²) < 4.78 is 0.903. The Morgan fingerprint density at radius 1 is 1.12 bits per heavy atom. The lowest BCUT2D eigenvalue weighted by Crippen LogP contribution is -2.43. The van der Waals surface area contributed by atoms with Gasteiger partial charge in [-0.05, 0) is 42.4 Å². The van der Waals surface area contributed by atoms with Crippen molar-refractivity contribution in [3.8, 4) is 0 Å². The predicted molar refractivity (Wildman–Crippen MR) is 109 cm³/mol. The van der Waals surface area contributed by atoms with Gasteiger partial charge in [0.05, 0.1) is 0 Å². The number of carbonyl (C=O) groups is 1. The van der Waals surface area contributed by atoms with Gasteiger partial charge in [-0.3, -0.25) is 9.69 Å². The molecule has 3 rings (SSSR count).